The maximum atomic E-state index is 3.45. The first-order valence-electron chi connectivity index (χ1n) is 5.55. The van der Waals surface area contributed by atoms with E-state index < -0.39 is 5.05 Å². The summed E-state index contributed by atoms with van der Waals surface area (Å²) in [4.78, 5) is 0. The number of piperazine rings is 1. The van der Waals surface area contributed by atoms with E-state index in [1.54, 1.807) is 0 Å². The molecule has 0 aromatic carbocycles. The molecule has 1 rings (SSSR count). The van der Waals surface area contributed by atoms with Crippen LogP contribution in [0.5, 0.6) is 0 Å². The molecule has 1 aliphatic rings. The Hall–Kier alpha value is 1.04. The Balaban J connectivity index is 2.81. The first-order chi connectivity index (χ1) is 6.49. The summed E-state index contributed by atoms with van der Waals surface area (Å²) in [6.45, 7) is 14.6. The summed E-state index contributed by atoms with van der Waals surface area (Å²) >= 11 is 1.85. The van der Waals surface area contributed by atoms with E-state index in [-0.39, 0.29) is 0 Å². The Bertz CT molecular complexity index is 210. The Morgan fingerprint density at radius 2 is 1.50 bits per heavy atom. The molecule has 0 saturated carbocycles. The zero-order valence-electron chi connectivity index (χ0n) is 9.79. The topological polar surface area (TPSA) is 15.3 Å². The molecule has 0 atom stereocenters. The van der Waals surface area contributed by atoms with E-state index in [1.165, 1.54) is 26.2 Å². The second-order valence-corrected chi connectivity index (χ2v) is 14.8. The first kappa shape index (κ1) is 13.1. The number of hydrogen-bond donors (Lipinski definition) is 1. The fourth-order valence-electron chi connectivity index (χ4n) is 2.22. The molecule has 0 aromatic heterocycles. The average molecular weight is 386 g/mol. The van der Waals surface area contributed by atoms with Gasteiger partial charge in [-0.25, -0.2) is 0 Å². The number of nitrogens with one attached hydrogen (secondary N) is 1. The van der Waals surface area contributed by atoms with Crippen LogP contribution < -0.4 is 5.32 Å². The molecule has 1 fully saturated rings. The zero-order chi connectivity index (χ0) is 10.8. The van der Waals surface area contributed by atoms with Crippen LogP contribution in [0.2, 0.25) is 0 Å². The summed E-state index contributed by atoms with van der Waals surface area (Å²) in [6.07, 6.45) is 0. The minimum atomic E-state index is -0.812. The van der Waals surface area contributed by atoms with Gasteiger partial charge in [-0.3, -0.25) is 0 Å². The van der Waals surface area contributed by atoms with Crippen LogP contribution in [0.4, 0.5) is 0 Å². The van der Waals surface area contributed by atoms with Crippen molar-refractivity contribution in [2.75, 3.05) is 26.2 Å². The van der Waals surface area contributed by atoms with Gasteiger partial charge in [0.25, 0.3) is 0 Å². The molecule has 2 nitrogen and oxygen atoms in total. The molecule has 0 aliphatic carbocycles. The monoisotopic (exact) mass is 386 g/mol. The summed E-state index contributed by atoms with van der Waals surface area (Å²) in [5.74, 6) is 0. The third-order valence-corrected chi connectivity index (χ3v) is 18.8. The van der Waals surface area contributed by atoms with Gasteiger partial charge >= 0.3 is 99.0 Å². The van der Waals surface area contributed by atoms with Crippen molar-refractivity contribution in [1.82, 2.24) is 9.99 Å². The van der Waals surface area contributed by atoms with Crippen LogP contribution in [-0.2, 0) is 18.8 Å². The molecule has 1 heterocycles. The molecule has 14 heavy (non-hydrogen) atoms. The molecule has 0 amide bonds. The summed E-state index contributed by atoms with van der Waals surface area (Å²) in [5.41, 5.74) is 1.74. The van der Waals surface area contributed by atoms with Gasteiger partial charge in [0.1, 0.15) is 0 Å². The number of rotatable bonds is 3. The van der Waals surface area contributed by atoms with Gasteiger partial charge in [0.2, 0.25) is 0 Å². The Morgan fingerprint density at radius 3 is 1.86 bits per heavy atom. The third-order valence-electron chi connectivity index (χ3n) is 3.02. The van der Waals surface area contributed by atoms with Gasteiger partial charge in [-0.1, -0.05) is 0 Å². The fourth-order valence-corrected chi connectivity index (χ4v) is 7.30. The zero-order valence-corrected chi connectivity index (χ0v) is 13.6. The molecular weight excluding hydrogens is 363 g/mol. The van der Waals surface area contributed by atoms with Crippen molar-refractivity contribution in [3.63, 3.8) is 0 Å². The van der Waals surface area contributed by atoms with E-state index in [1.807, 2.05) is 18.8 Å². The molecule has 1 N–H and O–H groups in total. The van der Waals surface area contributed by atoms with Gasteiger partial charge in [0.15, 0.2) is 0 Å². The van der Waals surface area contributed by atoms with Gasteiger partial charge in [-0.2, -0.15) is 0 Å². The third kappa shape index (κ3) is 2.58. The van der Waals surface area contributed by atoms with Crippen LogP contribution in [0.1, 0.15) is 27.7 Å². The van der Waals surface area contributed by atoms with Crippen LogP contribution in [0.3, 0.4) is 0 Å². The Morgan fingerprint density at radius 1 is 1.07 bits per heavy atom. The average Bonchev–Trinajstić information content (AvgIpc) is 2.17. The van der Waals surface area contributed by atoms with E-state index in [4.69, 9.17) is 0 Å². The summed E-state index contributed by atoms with van der Waals surface area (Å²) in [5, 5.41) is 2.64. The van der Waals surface area contributed by atoms with Crippen LogP contribution >= 0.6 is 5.05 Å². The second-order valence-electron chi connectivity index (χ2n) is 4.56. The molecule has 0 spiro atoms. The molecule has 1 aliphatic heterocycles. The molecule has 84 valence electrons. The van der Waals surface area contributed by atoms with E-state index in [9.17, 15) is 0 Å². The summed E-state index contributed by atoms with van der Waals surface area (Å²) in [6, 6.07) is 0. The van der Waals surface area contributed by atoms with Gasteiger partial charge in [-0.15, -0.1) is 0 Å². The second kappa shape index (κ2) is 5.39. The first-order valence-corrected chi connectivity index (χ1v) is 11.3. The van der Waals surface area contributed by atoms with Crippen molar-refractivity contribution in [1.29, 1.82) is 0 Å². The van der Waals surface area contributed by atoms with Crippen molar-refractivity contribution in [3.05, 3.63) is 0 Å². The van der Waals surface area contributed by atoms with Crippen LogP contribution in [-0.4, -0.2) is 42.2 Å². The van der Waals surface area contributed by atoms with E-state index in [0.29, 0.717) is 0 Å². The molecule has 4 heteroatoms. The summed E-state index contributed by atoms with van der Waals surface area (Å²) in [7, 11) is 0. The van der Waals surface area contributed by atoms with Gasteiger partial charge in [-0.05, 0) is 0 Å². The Labute approximate surface area is 99.0 Å². The SMILES string of the molecule is CC(C)[P](=[W])(C(C)C)N1CCNCC1. The summed E-state index contributed by atoms with van der Waals surface area (Å²) < 4.78 is 2.81. The van der Waals surface area contributed by atoms with Crippen LogP contribution in [0, 0.1) is 0 Å². The van der Waals surface area contributed by atoms with Crippen molar-refractivity contribution in [2.24, 2.45) is 0 Å². The van der Waals surface area contributed by atoms with Crippen molar-refractivity contribution in [2.45, 2.75) is 39.0 Å². The molecule has 0 aromatic rings. The molecular formula is C10H23N2PW. The van der Waals surface area contributed by atoms with E-state index in [0.717, 1.165) is 11.3 Å². The van der Waals surface area contributed by atoms with Crippen LogP contribution in [0.15, 0.2) is 0 Å². The van der Waals surface area contributed by atoms with Crippen molar-refractivity contribution < 1.29 is 18.8 Å². The molecule has 1 saturated heterocycles. The van der Waals surface area contributed by atoms with Gasteiger partial charge in [0, 0.05) is 0 Å². The Kier molecular flexibility index (Phi) is 5.05. The fraction of sp³-hybridized carbons (Fsp3) is 1.00. The minimum absolute atomic E-state index is 0.812. The predicted molar refractivity (Wildman–Crippen MR) is 61.6 cm³/mol. The van der Waals surface area contributed by atoms with Gasteiger partial charge < -0.3 is 0 Å². The quantitative estimate of drug-likeness (QED) is 0.748. The van der Waals surface area contributed by atoms with Crippen LogP contribution in [0.25, 0.3) is 0 Å². The van der Waals surface area contributed by atoms with Gasteiger partial charge in [0.05, 0.1) is 0 Å². The van der Waals surface area contributed by atoms with E-state index in [2.05, 4.69) is 37.7 Å². The van der Waals surface area contributed by atoms with Crippen molar-refractivity contribution >= 4 is 5.05 Å². The number of nitrogens with zero attached hydrogens (tertiary/aromatic N) is 1. The predicted octanol–water partition coefficient (Wildman–Crippen LogP) is 2.10. The number of hydrogen-bond acceptors (Lipinski definition) is 2. The molecule has 0 radical (unpaired) electrons. The molecule has 0 bridgehead atoms. The molecule has 0 unspecified atom stereocenters. The van der Waals surface area contributed by atoms with Crippen molar-refractivity contribution in [3.8, 4) is 0 Å². The normalized spacial score (nSPS) is 20.7. The maximum absolute atomic E-state index is 3.45. The standard InChI is InChI=1S/C10H23N2P.W/c1-9(2)13(10(3)4)12-7-5-11-6-8-12;/h9-11H,5-8H2,1-4H3;. The van der Waals surface area contributed by atoms with E-state index >= 15 is 0 Å².